The van der Waals surface area contributed by atoms with Crippen LogP contribution in [0.3, 0.4) is 0 Å². The van der Waals surface area contributed by atoms with Gasteiger partial charge in [0.2, 0.25) is 0 Å². The van der Waals surface area contributed by atoms with Crippen LogP contribution in [0.5, 0.6) is 0 Å². The zero-order valence-corrected chi connectivity index (χ0v) is 18.2. The average Bonchev–Trinajstić information content (AvgIpc) is 2.76. The molecule has 1 aromatic heterocycles. The molecule has 0 aliphatic carbocycles. The molecule has 30 heavy (non-hydrogen) atoms. The Morgan fingerprint density at radius 1 is 0.967 bits per heavy atom. The fourth-order valence-electron chi connectivity index (χ4n) is 3.71. The first-order valence-corrected chi connectivity index (χ1v) is 10.6. The van der Waals surface area contributed by atoms with Gasteiger partial charge in [-0.3, -0.25) is 0 Å². The van der Waals surface area contributed by atoms with E-state index in [0.717, 1.165) is 49.3 Å². The zero-order chi connectivity index (χ0) is 21.1. The molecule has 4 rings (SSSR count). The lowest BCUT2D eigenvalue weighted by molar-refractivity contribution is 0.122. The number of rotatable bonds is 3. The second-order valence-corrected chi connectivity index (χ2v) is 8.03. The summed E-state index contributed by atoms with van der Waals surface area (Å²) in [7, 11) is 0. The van der Waals surface area contributed by atoms with Crippen molar-refractivity contribution in [1.29, 1.82) is 0 Å². The lowest BCUT2D eigenvalue weighted by atomic mass is 10.2. The third kappa shape index (κ3) is 4.76. The molecule has 0 bridgehead atoms. The van der Waals surface area contributed by atoms with Gasteiger partial charge in [-0.05, 0) is 31.5 Å². The number of nitrogens with zero attached hydrogens (tertiary/aromatic N) is 5. The number of ether oxygens (including phenoxy) is 1. The third-order valence-electron chi connectivity index (χ3n) is 5.40. The number of amides is 2. The molecule has 0 spiro atoms. The first kappa shape index (κ1) is 20.7. The van der Waals surface area contributed by atoms with Crippen LogP contribution in [0.2, 0.25) is 5.02 Å². The SMILES string of the molecule is Cc1ccc(NC(=O)N2CCN(c3cc(N4CCOCC4)nc(C)n3)CC2)c(Cl)c1. The summed E-state index contributed by atoms with van der Waals surface area (Å²) in [5, 5.41) is 3.47. The summed E-state index contributed by atoms with van der Waals surface area (Å²) >= 11 is 6.24. The number of aryl methyl sites for hydroxylation is 2. The monoisotopic (exact) mass is 430 g/mol. The van der Waals surface area contributed by atoms with Gasteiger partial charge < -0.3 is 24.8 Å². The van der Waals surface area contributed by atoms with Gasteiger partial charge in [-0.15, -0.1) is 0 Å². The summed E-state index contributed by atoms with van der Waals surface area (Å²) in [6.45, 7) is 9.67. The highest BCUT2D eigenvalue weighted by molar-refractivity contribution is 6.33. The van der Waals surface area contributed by atoms with Gasteiger partial charge in [0.1, 0.15) is 17.5 Å². The van der Waals surface area contributed by atoms with Crippen LogP contribution in [0, 0.1) is 13.8 Å². The number of halogens is 1. The van der Waals surface area contributed by atoms with Gasteiger partial charge in [-0.25, -0.2) is 14.8 Å². The highest BCUT2D eigenvalue weighted by atomic mass is 35.5. The quantitative estimate of drug-likeness (QED) is 0.807. The van der Waals surface area contributed by atoms with Crippen LogP contribution in [0.15, 0.2) is 24.3 Å². The molecule has 2 aliphatic rings. The number of hydrogen-bond acceptors (Lipinski definition) is 6. The normalized spacial score (nSPS) is 17.2. The second kappa shape index (κ2) is 9.06. The number of morpholine rings is 1. The lowest BCUT2D eigenvalue weighted by Crippen LogP contribution is -2.50. The second-order valence-electron chi connectivity index (χ2n) is 7.62. The summed E-state index contributed by atoms with van der Waals surface area (Å²) in [5.74, 6) is 2.60. The van der Waals surface area contributed by atoms with Crippen LogP contribution in [0.1, 0.15) is 11.4 Å². The Morgan fingerprint density at radius 3 is 2.23 bits per heavy atom. The van der Waals surface area contributed by atoms with Crippen molar-refractivity contribution in [3.8, 4) is 0 Å². The Kier molecular flexibility index (Phi) is 6.24. The Labute approximate surface area is 181 Å². The van der Waals surface area contributed by atoms with E-state index in [1.807, 2.05) is 43.0 Å². The van der Waals surface area contributed by atoms with Crippen molar-refractivity contribution in [2.24, 2.45) is 0 Å². The predicted octanol–water partition coefficient (Wildman–Crippen LogP) is 2.94. The van der Waals surface area contributed by atoms with Gasteiger partial charge in [-0.1, -0.05) is 17.7 Å². The van der Waals surface area contributed by atoms with Crippen molar-refractivity contribution in [2.45, 2.75) is 13.8 Å². The Bertz CT molecular complexity index is 910. The molecule has 2 aromatic rings. The van der Waals surface area contributed by atoms with Gasteiger partial charge in [0.25, 0.3) is 0 Å². The maximum absolute atomic E-state index is 12.7. The third-order valence-corrected chi connectivity index (χ3v) is 5.72. The van der Waals surface area contributed by atoms with Crippen molar-refractivity contribution in [2.75, 3.05) is 67.6 Å². The summed E-state index contributed by atoms with van der Waals surface area (Å²) in [6.07, 6.45) is 0. The predicted molar refractivity (Wildman–Crippen MR) is 119 cm³/mol. The van der Waals surface area contributed by atoms with E-state index in [2.05, 4.69) is 25.1 Å². The molecule has 160 valence electrons. The van der Waals surface area contributed by atoms with Crippen LogP contribution in [0.4, 0.5) is 22.1 Å². The number of aromatic nitrogens is 2. The van der Waals surface area contributed by atoms with Crippen molar-refractivity contribution < 1.29 is 9.53 Å². The van der Waals surface area contributed by atoms with E-state index in [9.17, 15) is 4.79 Å². The molecule has 0 unspecified atom stereocenters. The molecule has 2 amide bonds. The van der Waals surface area contributed by atoms with Crippen molar-refractivity contribution in [3.05, 3.63) is 40.7 Å². The molecule has 3 heterocycles. The number of nitrogens with one attached hydrogen (secondary N) is 1. The zero-order valence-electron chi connectivity index (χ0n) is 17.4. The molecule has 2 aliphatic heterocycles. The fourth-order valence-corrected chi connectivity index (χ4v) is 3.99. The molecule has 2 saturated heterocycles. The molecule has 0 saturated carbocycles. The highest BCUT2D eigenvalue weighted by Gasteiger charge is 2.24. The smallest absolute Gasteiger partial charge is 0.322 e. The van der Waals surface area contributed by atoms with E-state index in [1.54, 1.807) is 0 Å². The number of urea groups is 1. The van der Waals surface area contributed by atoms with Gasteiger partial charge in [0, 0.05) is 45.3 Å². The lowest BCUT2D eigenvalue weighted by Gasteiger charge is -2.36. The Morgan fingerprint density at radius 2 is 1.60 bits per heavy atom. The van der Waals surface area contributed by atoms with E-state index in [0.29, 0.717) is 36.9 Å². The molecule has 0 atom stereocenters. The van der Waals surface area contributed by atoms with Crippen molar-refractivity contribution in [3.63, 3.8) is 0 Å². The van der Waals surface area contributed by atoms with Gasteiger partial charge in [0.05, 0.1) is 23.9 Å². The summed E-state index contributed by atoms with van der Waals surface area (Å²) in [5.41, 5.74) is 1.69. The number of carbonyl (C=O) groups excluding carboxylic acids is 1. The number of anilines is 3. The van der Waals surface area contributed by atoms with Crippen LogP contribution >= 0.6 is 11.6 Å². The summed E-state index contributed by atoms with van der Waals surface area (Å²) in [6, 6.07) is 7.53. The maximum atomic E-state index is 12.7. The first-order chi connectivity index (χ1) is 14.5. The number of benzene rings is 1. The molecule has 1 N–H and O–H groups in total. The molecular weight excluding hydrogens is 404 g/mol. The van der Waals surface area contributed by atoms with Crippen molar-refractivity contribution in [1.82, 2.24) is 14.9 Å². The Balaban J connectivity index is 1.38. The minimum Gasteiger partial charge on any atom is -0.378 e. The van der Waals surface area contributed by atoms with Gasteiger partial charge >= 0.3 is 6.03 Å². The number of piperazine rings is 1. The molecular formula is C21H27ClN6O2. The van der Waals surface area contributed by atoms with Crippen LogP contribution in [-0.2, 0) is 4.74 Å². The van der Waals surface area contributed by atoms with Crippen LogP contribution < -0.4 is 15.1 Å². The molecule has 0 radical (unpaired) electrons. The molecule has 9 heteroatoms. The van der Waals surface area contributed by atoms with Crippen LogP contribution in [-0.4, -0.2) is 73.4 Å². The number of hydrogen-bond donors (Lipinski definition) is 1. The van der Waals surface area contributed by atoms with Crippen LogP contribution in [0.25, 0.3) is 0 Å². The van der Waals surface area contributed by atoms with E-state index in [4.69, 9.17) is 16.3 Å². The minimum atomic E-state index is -0.131. The standard InChI is InChI=1S/C21H27ClN6O2/c1-15-3-4-18(17(22)13-15)25-21(29)28-7-5-26(6-8-28)19-14-20(24-16(2)23-19)27-9-11-30-12-10-27/h3-4,13-14H,5-12H2,1-2H3,(H,25,29). The van der Waals surface area contributed by atoms with Crippen molar-refractivity contribution >= 4 is 35.0 Å². The summed E-state index contributed by atoms with van der Waals surface area (Å²) < 4.78 is 5.44. The first-order valence-electron chi connectivity index (χ1n) is 10.2. The fraction of sp³-hybridized carbons (Fsp3) is 0.476. The maximum Gasteiger partial charge on any atom is 0.322 e. The highest BCUT2D eigenvalue weighted by Crippen LogP contribution is 2.24. The van der Waals surface area contributed by atoms with E-state index >= 15 is 0 Å². The van der Waals surface area contributed by atoms with Gasteiger partial charge in [0.15, 0.2) is 0 Å². The average molecular weight is 431 g/mol. The number of carbonyl (C=O) groups is 1. The topological polar surface area (TPSA) is 73.8 Å². The van der Waals surface area contributed by atoms with Gasteiger partial charge in [-0.2, -0.15) is 0 Å². The summed E-state index contributed by atoms with van der Waals surface area (Å²) in [4.78, 5) is 28.1. The van der Waals surface area contributed by atoms with E-state index in [1.165, 1.54) is 0 Å². The van der Waals surface area contributed by atoms with E-state index < -0.39 is 0 Å². The molecule has 8 nitrogen and oxygen atoms in total. The Hall–Kier alpha value is -2.58. The molecule has 2 fully saturated rings. The largest absolute Gasteiger partial charge is 0.378 e. The minimum absolute atomic E-state index is 0.131. The van der Waals surface area contributed by atoms with E-state index in [-0.39, 0.29) is 6.03 Å². The molecule has 1 aromatic carbocycles.